The number of carbonyl (C=O) groups is 2. The number of aryl methyl sites for hydroxylation is 2. The first kappa shape index (κ1) is 31.0. The molecule has 5 aromatic rings. The largest absolute Gasteiger partial charge is 0.346 e. The van der Waals surface area contributed by atoms with Crippen LogP contribution in [-0.4, -0.2) is 98.3 Å². The summed E-state index contributed by atoms with van der Waals surface area (Å²) < 4.78 is 0. The number of hydrogen-bond donors (Lipinski definition) is 3. The molecule has 2 amide bonds. The normalized spacial score (nSPS) is 19.9. The summed E-state index contributed by atoms with van der Waals surface area (Å²) in [5.41, 5.74) is 9.08. The fourth-order valence-electron chi connectivity index (χ4n) is 8.08. The van der Waals surface area contributed by atoms with Crippen molar-refractivity contribution in [1.82, 2.24) is 35.1 Å². The van der Waals surface area contributed by atoms with Gasteiger partial charge in [-0.3, -0.25) is 19.6 Å². The Morgan fingerprint density at radius 1 is 0.958 bits per heavy atom. The number of nitrogens with one attached hydrogen (secondary N) is 3. The van der Waals surface area contributed by atoms with E-state index < -0.39 is 0 Å². The molecule has 2 aromatic carbocycles. The average molecular weight is 663 g/mol. The minimum Gasteiger partial charge on any atom is -0.346 e. The molecule has 3 saturated heterocycles. The Hall–Kier alpha value is -4.32. The van der Waals surface area contributed by atoms with Crippen molar-refractivity contribution in [2.24, 2.45) is 0 Å². The van der Waals surface area contributed by atoms with Gasteiger partial charge in [0.05, 0.1) is 17.8 Å². The summed E-state index contributed by atoms with van der Waals surface area (Å²) in [5, 5.41) is 14.9. The zero-order valence-electron chi connectivity index (χ0n) is 27.6. The van der Waals surface area contributed by atoms with Gasteiger partial charge in [-0.05, 0) is 93.5 Å². The molecular weight excluding hydrogens is 621 g/mol. The zero-order chi connectivity index (χ0) is 32.9. The first-order chi connectivity index (χ1) is 23.3. The minimum absolute atomic E-state index is 0.0233. The number of aromatic nitrogens is 4. The molecule has 48 heavy (non-hydrogen) atoms. The molecule has 0 atom stereocenters. The summed E-state index contributed by atoms with van der Waals surface area (Å²) in [4.78, 5) is 39.1. The van der Waals surface area contributed by atoms with Crippen LogP contribution in [0.15, 0.2) is 49.0 Å². The lowest BCUT2D eigenvalue weighted by molar-refractivity contribution is -0.126. The van der Waals surface area contributed by atoms with Crippen molar-refractivity contribution < 1.29 is 9.59 Å². The fraction of sp³-hybridized carbons (Fsp3) is 0.405. The maximum Gasteiger partial charge on any atom is 0.255 e. The summed E-state index contributed by atoms with van der Waals surface area (Å²) in [6, 6.07) is 15.3. The number of piperazine rings is 1. The van der Waals surface area contributed by atoms with Gasteiger partial charge in [-0.15, -0.1) is 16.4 Å². The molecule has 6 heterocycles. The molecule has 3 N–H and O–H groups in total. The van der Waals surface area contributed by atoms with Gasteiger partial charge in [-0.1, -0.05) is 29.0 Å². The van der Waals surface area contributed by atoms with Gasteiger partial charge < -0.3 is 20.1 Å². The number of H-pyrrole nitrogens is 2. The van der Waals surface area contributed by atoms with E-state index >= 15 is 0 Å². The van der Waals surface area contributed by atoms with Crippen LogP contribution in [0.3, 0.4) is 0 Å². The molecule has 8 rings (SSSR count). The number of carbonyl (C=O) groups excluding carboxylic acids is 2. The minimum atomic E-state index is -0.0233. The van der Waals surface area contributed by atoms with Crippen LogP contribution in [0.5, 0.6) is 0 Å². The highest BCUT2D eigenvalue weighted by Gasteiger charge is 2.43. The molecule has 3 aromatic heterocycles. The van der Waals surface area contributed by atoms with Crippen LogP contribution in [0.2, 0.25) is 0 Å². The number of nitrogens with zero attached hydrogens (tertiary/aromatic N) is 5. The summed E-state index contributed by atoms with van der Waals surface area (Å²) >= 11 is 1.65. The molecule has 0 saturated carbocycles. The van der Waals surface area contributed by atoms with Crippen molar-refractivity contribution in [2.45, 2.75) is 58.0 Å². The third-order valence-corrected chi connectivity index (χ3v) is 11.6. The Morgan fingerprint density at radius 3 is 2.40 bits per heavy atom. The molecule has 0 spiro atoms. The van der Waals surface area contributed by atoms with Gasteiger partial charge in [0.1, 0.15) is 10.3 Å². The van der Waals surface area contributed by atoms with Crippen molar-refractivity contribution in [1.29, 1.82) is 0 Å². The van der Waals surface area contributed by atoms with E-state index in [0.717, 1.165) is 91.3 Å². The van der Waals surface area contributed by atoms with Crippen LogP contribution in [-0.2, 0) is 16.0 Å². The van der Waals surface area contributed by atoms with Crippen LogP contribution >= 0.6 is 11.3 Å². The van der Waals surface area contributed by atoms with Crippen LogP contribution in [0, 0.1) is 13.8 Å². The van der Waals surface area contributed by atoms with E-state index in [1.165, 1.54) is 33.3 Å². The van der Waals surface area contributed by atoms with Gasteiger partial charge in [-0.25, -0.2) is 0 Å². The van der Waals surface area contributed by atoms with Crippen molar-refractivity contribution in [3.63, 3.8) is 0 Å². The summed E-state index contributed by atoms with van der Waals surface area (Å²) in [7, 11) is 0. The van der Waals surface area contributed by atoms with E-state index in [2.05, 4.69) is 85.1 Å². The topological polar surface area (TPSA) is 113 Å². The number of hydrogen-bond acceptors (Lipinski definition) is 7. The number of aromatic amines is 2. The van der Waals surface area contributed by atoms with E-state index in [9.17, 15) is 9.59 Å². The van der Waals surface area contributed by atoms with Crippen molar-refractivity contribution in [2.75, 3.05) is 44.6 Å². The Morgan fingerprint density at radius 2 is 1.67 bits per heavy atom. The number of rotatable bonds is 9. The second kappa shape index (κ2) is 12.6. The number of anilines is 1. The van der Waals surface area contributed by atoms with E-state index in [0.29, 0.717) is 24.2 Å². The lowest BCUT2D eigenvalue weighted by Gasteiger charge is -2.34. The number of fused-ring (bicyclic) bond motifs is 4. The van der Waals surface area contributed by atoms with Crippen LogP contribution in [0.1, 0.15) is 47.3 Å². The summed E-state index contributed by atoms with van der Waals surface area (Å²) in [6.07, 6.45) is 5.39. The third kappa shape index (κ3) is 5.95. The van der Waals surface area contributed by atoms with E-state index in [1.807, 2.05) is 18.2 Å². The number of amides is 2. The third-order valence-electron chi connectivity index (χ3n) is 10.5. The SMILES string of the molecule is C=C(C(=O)N1C2CCC1CC2)c1cc2c(CCN3CCN(CC(=O)Nc4ccc5[nH]nnc5c4)CC3)c(-c3cc(C)cc(C)c3)[nH]c2s1. The van der Waals surface area contributed by atoms with Crippen LogP contribution in [0.25, 0.3) is 38.1 Å². The fourth-order valence-corrected chi connectivity index (χ4v) is 9.13. The summed E-state index contributed by atoms with van der Waals surface area (Å²) in [6.45, 7) is 13.4. The maximum absolute atomic E-state index is 13.6. The second-order valence-electron chi connectivity index (χ2n) is 13.8. The molecular formula is C37H42N8O2S. The van der Waals surface area contributed by atoms with Gasteiger partial charge in [-0.2, -0.15) is 0 Å². The van der Waals surface area contributed by atoms with Crippen molar-refractivity contribution >= 4 is 55.7 Å². The van der Waals surface area contributed by atoms with Crippen LogP contribution in [0.4, 0.5) is 5.69 Å². The highest BCUT2D eigenvalue weighted by molar-refractivity contribution is 7.20. The molecule has 10 nitrogen and oxygen atoms in total. The molecule has 0 aliphatic carbocycles. The molecule has 0 unspecified atom stereocenters. The first-order valence-electron chi connectivity index (χ1n) is 17.1. The monoisotopic (exact) mass is 662 g/mol. The van der Waals surface area contributed by atoms with Crippen molar-refractivity contribution in [3.8, 4) is 11.3 Å². The Balaban J connectivity index is 0.948. The number of thiophene rings is 1. The van der Waals surface area contributed by atoms with E-state index in [4.69, 9.17) is 0 Å². The number of benzene rings is 2. The standard InChI is InChI=1S/C37H42N8O2S/c1-22-16-23(2)18-25(17-22)35-29(30-20-33(48-36(30)39-35)24(3)37(47)45-27-5-6-28(45)8-7-27)10-11-43-12-14-44(15-13-43)21-34(46)38-26-4-9-31-32(19-26)41-42-40-31/h4,9,16-20,27-28,39H,3,5-8,10-15,21H2,1-2H3,(H,38,46)(H,40,41,42). The predicted octanol–water partition coefficient (Wildman–Crippen LogP) is 5.75. The van der Waals surface area contributed by atoms with E-state index in [-0.39, 0.29) is 11.8 Å². The quantitative estimate of drug-likeness (QED) is 0.173. The average Bonchev–Trinajstić information content (AvgIpc) is 3.90. The van der Waals surface area contributed by atoms with E-state index in [1.54, 1.807) is 11.3 Å². The van der Waals surface area contributed by atoms with Gasteiger partial charge in [0.15, 0.2) is 0 Å². The Labute approximate surface area is 284 Å². The highest BCUT2D eigenvalue weighted by atomic mass is 32.1. The zero-order valence-corrected chi connectivity index (χ0v) is 28.5. The van der Waals surface area contributed by atoms with Gasteiger partial charge >= 0.3 is 0 Å². The van der Waals surface area contributed by atoms with Crippen LogP contribution < -0.4 is 5.32 Å². The second-order valence-corrected chi connectivity index (χ2v) is 14.9. The molecule has 248 valence electrons. The van der Waals surface area contributed by atoms with Gasteiger partial charge in [0.25, 0.3) is 5.91 Å². The highest BCUT2D eigenvalue weighted by Crippen LogP contribution is 2.42. The van der Waals surface area contributed by atoms with Gasteiger partial charge in [0.2, 0.25) is 5.91 Å². The van der Waals surface area contributed by atoms with Crippen molar-refractivity contribution in [3.05, 3.63) is 70.6 Å². The lowest BCUT2D eigenvalue weighted by atomic mass is 9.99. The maximum atomic E-state index is 13.6. The van der Waals surface area contributed by atoms with Gasteiger partial charge in [0, 0.05) is 66.3 Å². The molecule has 2 bridgehead atoms. The molecule has 11 heteroatoms. The smallest absolute Gasteiger partial charge is 0.255 e. The summed E-state index contributed by atoms with van der Waals surface area (Å²) in [5.74, 6) is 0.0902. The molecule has 0 radical (unpaired) electrons. The molecule has 3 aliphatic rings. The lowest BCUT2D eigenvalue weighted by Crippen LogP contribution is -2.49. The molecule has 3 fully saturated rings. The molecule has 3 aliphatic heterocycles. The Kier molecular flexibility index (Phi) is 8.14. The predicted molar refractivity (Wildman–Crippen MR) is 192 cm³/mol. The first-order valence-corrected chi connectivity index (χ1v) is 17.9. The Bertz CT molecular complexity index is 1990.